The van der Waals surface area contributed by atoms with E-state index >= 15 is 0 Å². The van der Waals surface area contributed by atoms with E-state index in [0.29, 0.717) is 0 Å². The summed E-state index contributed by atoms with van der Waals surface area (Å²) < 4.78 is 1.89. The maximum absolute atomic E-state index is 4.32. The molecule has 0 fully saturated rings. The molecule has 0 aromatic carbocycles. The third-order valence-corrected chi connectivity index (χ3v) is 2.54. The van der Waals surface area contributed by atoms with Crippen molar-refractivity contribution in [2.45, 2.75) is 20.3 Å². The molecule has 0 aliphatic carbocycles. The van der Waals surface area contributed by atoms with E-state index in [2.05, 4.69) is 22.4 Å². The molecule has 0 aliphatic heterocycles. The molecule has 2 aromatic heterocycles. The van der Waals surface area contributed by atoms with Gasteiger partial charge in [-0.3, -0.25) is 0 Å². The van der Waals surface area contributed by atoms with Gasteiger partial charge in [-0.2, -0.15) is 5.10 Å². The minimum atomic E-state index is 0.911. The lowest BCUT2D eigenvalue weighted by atomic mass is 10.5. The molecule has 0 saturated carbocycles. The predicted octanol–water partition coefficient (Wildman–Crippen LogP) is 1.66. The van der Waals surface area contributed by atoms with E-state index < -0.39 is 0 Å². The molecule has 2 aromatic rings. The molecule has 0 atom stereocenters. The highest BCUT2D eigenvalue weighted by Crippen LogP contribution is 2.12. The fraction of sp³-hybridized carbons (Fsp3) is 0.429. The number of hydrogen-bond donors (Lipinski definition) is 0. The highest BCUT2D eigenvalue weighted by molar-refractivity contribution is 7.15. The molecule has 4 heteroatoms. The monoisotopic (exact) mass is 167 g/mol. The molecule has 11 heavy (non-hydrogen) atoms. The molecule has 0 N–H and O–H groups in total. The molecule has 0 bridgehead atoms. The van der Waals surface area contributed by atoms with Gasteiger partial charge in [0.05, 0.1) is 5.69 Å². The Bertz CT molecular complexity index is 374. The lowest BCUT2D eigenvalue weighted by molar-refractivity contribution is 0.868. The van der Waals surface area contributed by atoms with Gasteiger partial charge in [-0.1, -0.05) is 6.92 Å². The minimum Gasteiger partial charge on any atom is -0.208 e. The van der Waals surface area contributed by atoms with Crippen molar-refractivity contribution in [1.29, 1.82) is 0 Å². The predicted molar refractivity (Wildman–Crippen MR) is 45.0 cm³/mol. The van der Waals surface area contributed by atoms with Gasteiger partial charge in [0.25, 0.3) is 0 Å². The zero-order valence-corrected chi connectivity index (χ0v) is 7.35. The first-order valence-electron chi connectivity index (χ1n) is 3.61. The smallest absolute Gasteiger partial charge is 0.208 e. The van der Waals surface area contributed by atoms with Crippen molar-refractivity contribution in [3.05, 3.63) is 16.9 Å². The Morgan fingerprint density at radius 1 is 1.64 bits per heavy atom. The van der Waals surface area contributed by atoms with Crippen LogP contribution in [0, 0.1) is 6.92 Å². The largest absolute Gasteiger partial charge is 0.212 e. The molecule has 0 amide bonds. The van der Waals surface area contributed by atoms with Crippen LogP contribution in [0.5, 0.6) is 0 Å². The summed E-state index contributed by atoms with van der Waals surface area (Å²) >= 11 is 1.64. The van der Waals surface area contributed by atoms with Gasteiger partial charge < -0.3 is 0 Å². The van der Waals surface area contributed by atoms with E-state index in [-0.39, 0.29) is 0 Å². The van der Waals surface area contributed by atoms with Gasteiger partial charge in [0.15, 0.2) is 5.82 Å². The number of nitrogens with zero attached hydrogens (tertiary/aromatic N) is 3. The third kappa shape index (κ3) is 0.939. The van der Waals surface area contributed by atoms with E-state index in [4.69, 9.17) is 0 Å². The van der Waals surface area contributed by atoms with Crippen molar-refractivity contribution in [2.24, 2.45) is 0 Å². The number of rotatable bonds is 1. The average molecular weight is 167 g/mol. The Morgan fingerprint density at radius 2 is 2.45 bits per heavy atom. The number of fused-ring (bicyclic) bond motifs is 1. The fourth-order valence-corrected chi connectivity index (χ4v) is 1.80. The fourth-order valence-electron chi connectivity index (χ4n) is 0.982. The van der Waals surface area contributed by atoms with Gasteiger partial charge in [0.1, 0.15) is 0 Å². The molecule has 3 nitrogen and oxygen atoms in total. The maximum atomic E-state index is 4.32. The van der Waals surface area contributed by atoms with Gasteiger partial charge in [0.2, 0.25) is 4.96 Å². The first-order valence-corrected chi connectivity index (χ1v) is 4.49. The Balaban J connectivity index is 2.70. The SMILES string of the molecule is CCc1nc2scc(C)n2n1. The average Bonchev–Trinajstić information content (AvgIpc) is 2.53. The quantitative estimate of drug-likeness (QED) is 0.646. The maximum Gasteiger partial charge on any atom is 0.212 e. The van der Waals surface area contributed by atoms with Crippen molar-refractivity contribution in [1.82, 2.24) is 14.6 Å². The Hall–Kier alpha value is -0.900. The first kappa shape index (κ1) is 6.79. The molecular weight excluding hydrogens is 158 g/mol. The Labute approximate surface area is 68.7 Å². The van der Waals surface area contributed by atoms with Crippen LogP contribution in [0.25, 0.3) is 4.96 Å². The molecule has 0 spiro atoms. The molecule has 0 aliphatic rings. The van der Waals surface area contributed by atoms with E-state index in [1.54, 1.807) is 11.3 Å². The van der Waals surface area contributed by atoms with Crippen molar-refractivity contribution >= 4 is 16.3 Å². The summed E-state index contributed by atoms with van der Waals surface area (Å²) in [5, 5.41) is 6.37. The number of thiazole rings is 1. The number of aryl methyl sites for hydroxylation is 2. The summed E-state index contributed by atoms with van der Waals surface area (Å²) in [6, 6.07) is 0. The molecule has 0 unspecified atom stereocenters. The minimum absolute atomic E-state index is 0.911. The van der Waals surface area contributed by atoms with Crippen LogP contribution in [-0.4, -0.2) is 14.6 Å². The lowest BCUT2D eigenvalue weighted by Gasteiger charge is -1.83. The van der Waals surface area contributed by atoms with Crippen LogP contribution in [0.1, 0.15) is 18.4 Å². The summed E-state index contributed by atoms with van der Waals surface area (Å²) in [6.45, 7) is 4.10. The van der Waals surface area contributed by atoms with E-state index in [1.807, 2.05) is 11.4 Å². The van der Waals surface area contributed by atoms with Gasteiger partial charge >= 0.3 is 0 Å². The molecule has 58 valence electrons. The van der Waals surface area contributed by atoms with Crippen LogP contribution in [0.4, 0.5) is 0 Å². The molecule has 2 heterocycles. The normalized spacial score (nSPS) is 11.1. The highest BCUT2D eigenvalue weighted by Gasteiger charge is 2.04. The van der Waals surface area contributed by atoms with Gasteiger partial charge in [-0.15, -0.1) is 11.3 Å². The van der Waals surface area contributed by atoms with Gasteiger partial charge in [-0.05, 0) is 6.92 Å². The summed E-state index contributed by atoms with van der Waals surface area (Å²) in [6.07, 6.45) is 0.911. The van der Waals surface area contributed by atoms with Crippen LogP contribution in [0.15, 0.2) is 5.38 Å². The van der Waals surface area contributed by atoms with E-state index in [1.165, 1.54) is 0 Å². The van der Waals surface area contributed by atoms with Crippen LogP contribution in [0.3, 0.4) is 0 Å². The second-order valence-corrected chi connectivity index (χ2v) is 3.29. The van der Waals surface area contributed by atoms with Gasteiger partial charge in [0, 0.05) is 11.8 Å². The Morgan fingerprint density at radius 3 is 3.09 bits per heavy atom. The molecule has 0 saturated heterocycles. The number of aromatic nitrogens is 3. The summed E-state index contributed by atoms with van der Waals surface area (Å²) in [5.74, 6) is 0.931. The summed E-state index contributed by atoms with van der Waals surface area (Å²) in [5.41, 5.74) is 1.16. The summed E-state index contributed by atoms with van der Waals surface area (Å²) in [4.78, 5) is 5.32. The molecule has 0 radical (unpaired) electrons. The highest BCUT2D eigenvalue weighted by atomic mass is 32.1. The van der Waals surface area contributed by atoms with Crippen molar-refractivity contribution in [3.63, 3.8) is 0 Å². The molecular formula is C7H9N3S. The van der Waals surface area contributed by atoms with Crippen molar-refractivity contribution in [3.8, 4) is 0 Å². The second kappa shape index (κ2) is 2.30. The van der Waals surface area contributed by atoms with Gasteiger partial charge in [-0.25, -0.2) is 9.50 Å². The number of hydrogen-bond acceptors (Lipinski definition) is 3. The topological polar surface area (TPSA) is 30.2 Å². The zero-order chi connectivity index (χ0) is 7.84. The van der Waals surface area contributed by atoms with Crippen LogP contribution < -0.4 is 0 Å². The second-order valence-electron chi connectivity index (χ2n) is 2.45. The lowest BCUT2D eigenvalue weighted by Crippen LogP contribution is -1.88. The zero-order valence-electron chi connectivity index (χ0n) is 6.53. The summed E-state index contributed by atoms with van der Waals surface area (Å²) in [7, 11) is 0. The van der Waals surface area contributed by atoms with E-state index in [0.717, 1.165) is 22.9 Å². The van der Waals surface area contributed by atoms with Crippen molar-refractivity contribution in [2.75, 3.05) is 0 Å². The first-order chi connectivity index (χ1) is 5.31. The Kier molecular flexibility index (Phi) is 1.42. The standard InChI is InChI=1S/C7H9N3S/c1-3-6-8-7-10(9-6)5(2)4-11-7/h4H,3H2,1-2H3. The van der Waals surface area contributed by atoms with Crippen LogP contribution in [-0.2, 0) is 6.42 Å². The van der Waals surface area contributed by atoms with Crippen LogP contribution >= 0.6 is 11.3 Å². The molecule has 2 rings (SSSR count). The third-order valence-electron chi connectivity index (χ3n) is 1.61. The van der Waals surface area contributed by atoms with Crippen LogP contribution in [0.2, 0.25) is 0 Å². The van der Waals surface area contributed by atoms with E-state index in [9.17, 15) is 0 Å². The van der Waals surface area contributed by atoms with Crippen molar-refractivity contribution < 1.29 is 0 Å².